The quantitative estimate of drug-likeness (QED) is 0.744. The standard InChI is InChI=1S/C16H13ClN2O2/c1-10-8-11(6-7-12(10)18-15(20)9-17)16-19-13-4-2-3-5-14(13)21-16/h2-8H,9H2,1H3,(H,18,20). The zero-order valence-corrected chi connectivity index (χ0v) is 12.1. The Bertz CT molecular complexity index is 778. The molecule has 0 unspecified atom stereocenters. The monoisotopic (exact) mass is 300 g/mol. The van der Waals surface area contributed by atoms with Crippen LogP contribution >= 0.6 is 11.6 Å². The van der Waals surface area contributed by atoms with Gasteiger partial charge in [-0.25, -0.2) is 4.98 Å². The van der Waals surface area contributed by atoms with Crippen LogP contribution in [0.3, 0.4) is 0 Å². The summed E-state index contributed by atoms with van der Waals surface area (Å²) in [5.41, 5.74) is 4.11. The van der Waals surface area contributed by atoms with Crippen molar-refractivity contribution in [2.75, 3.05) is 11.2 Å². The molecule has 0 fully saturated rings. The topological polar surface area (TPSA) is 55.1 Å². The summed E-state index contributed by atoms with van der Waals surface area (Å²) in [5, 5.41) is 2.74. The molecule has 1 aromatic heterocycles. The normalized spacial score (nSPS) is 10.8. The minimum absolute atomic E-state index is 0.0632. The van der Waals surface area contributed by atoms with Gasteiger partial charge in [0.15, 0.2) is 5.58 Å². The molecule has 1 amide bonds. The van der Waals surface area contributed by atoms with Crippen LogP contribution in [-0.2, 0) is 4.79 Å². The number of benzene rings is 2. The number of nitrogens with one attached hydrogen (secondary N) is 1. The third kappa shape index (κ3) is 2.76. The largest absolute Gasteiger partial charge is 0.436 e. The van der Waals surface area contributed by atoms with E-state index in [1.54, 1.807) is 0 Å². The van der Waals surface area contributed by atoms with Gasteiger partial charge in [-0.05, 0) is 42.8 Å². The van der Waals surface area contributed by atoms with Crippen molar-refractivity contribution in [1.29, 1.82) is 0 Å². The van der Waals surface area contributed by atoms with Gasteiger partial charge >= 0.3 is 0 Å². The summed E-state index contributed by atoms with van der Waals surface area (Å²) in [7, 11) is 0. The maximum absolute atomic E-state index is 11.3. The van der Waals surface area contributed by atoms with Gasteiger partial charge in [0.05, 0.1) is 0 Å². The first-order valence-electron chi connectivity index (χ1n) is 6.50. The summed E-state index contributed by atoms with van der Waals surface area (Å²) in [6, 6.07) is 13.2. The Morgan fingerprint density at radius 2 is 2.10 bits per heavy atom. The van der Waals surface area contributed by atoms with Gasteiger partial charge in [-0.15, -0.1) is 11.6 Å². The van der Waals surface area contributed by atoms with Crippen molar-refractivity contribution < 1.29 is 9.21 Å². The van der Waals surface area contributed by atoms with E-state index in [1.165, 1.54) is 0 Å². The second kappa shape index (κ2) is 5.58. The van der Waals surface area contributed by atoms with Crippen LogP contribution in [0.4, 0.5) is 5.69 Å². The van der Waals surface area contributed by atoms with Crippen LogP contribution in [0.5, 0.6) is 0 Å². The van der Waals surface area contributed by atoms with Crippen molar-refractivity contribution in [3.63, 3.8) is 0 Å². The molecule has 0 spiro atoms. The zero-order chi connectivity index (χ0) is 14.8. The third-order valence-electron chi connectivity index (χ3n) is 3.16. The molecule has 1 N–H and O–H groups in total. The molecule has 5 heteroatoms. The number of fused-ring (bicyclic) bond motifs is 1. The first-order valence-corrected chi connectivity index (χ1v) is 7.03. The highest BCUT2D eigenvalue weighted by Crippen LogP contribution is 2.27. The molecular formula is C16H13ClN2O2. The van der Waals surface area contributed by atoms with Gasteiger partial charge in [-0.1, -0.05) is 12.1 Å². The van der Waals surface area contributed by atoms with Gasteiger partial charge in [0.25, 0.3) is 0 Å². The Morgan fingerprint density at radius 3 is 2.81 bits per heavy atom. The zero-order valence-electron chi connectivity index (χ0n) is 11.4. The van der Waals surface area contributed by atoms with E-state index in [9.17, 15) is 4.79 Å². The summed E-state index contributed by atoms with van der Waals surface area (Å²) >= 11 is 5.49. The van der Waals surface area contributed by atoms with E-state index in [-0.39, 0.29) is 11.8 Å². The van der Waals surface area contributed by atoms with Crippen LogP contribution in [0.15, 0.2) is 46.9 Å². The lowest BCUT2D eigenvalue weighted by atomic mass is 10.1. The Morgan fingerprint density at radius 1 is 1.29 bits per heavy atom. The van der Waals surface area contributed by atoms with Crippen molar-refractivity contribution in [1.82, 2.24) is 4.98 Å². The smallest absolute Gasteiger partial charge is 0.239 e. The maximum atomic E-state index is 11.3. The first-order chi connectivity index (χ1) is 10.2. The summed E-state index contributed by atoms with van der Waals surface area (Å²) in [5.74, 6) is 0.274. The molecule has 0 aliphatic carbocycles. The number of oxazole rings is 1. The fraction of sp³-hybridized carbons (Fsp3) is 0.125. The van der Waals surface area contributed by atoms with Gasteiger partial charge in [-0.3, -0.25) is 4.79 Å². The molecule has 0 saturated carbocycles. The third-order valence-corrected chi connectivity index (χ3v) is 3.41. The van der Waals surface area contributed by atoms with Gasteiger partial charge < -0.3 is 9.73 Å². The average molecular weight is 301 g/mol. The molecule has 21 heavy (non-hydrogen) atoms. The summed E-state index contributed by atoms with van der Waals surface area (Å²) in [6.45, 7) is 1.91. The Hall–Kier alpha value is -2.33. The second-order valence-corrected chi connectivity index (χ2v) is 4.97. The Balaban J connectivity index is 1.96. The molecule has 2 aromatic carbocycles. The number of carbonyl (C=O) groups excluding carboxylic acids is 1. The van der Waals surface area contributed by atoms with Crippen LogP contribution in [0.2, 0.25) is 0 Å². The van der Waals surface area contributed by atoms with Crippen LogP contribution in [0.25, 0.3) is 22.6 Å². The number of para-hydroxylation sites is 2. The van der Waals surface area contributed by atoms with Crippen molar-refractivity contribution in [3.8, 4) is 11.5 Å². The molecule has 0 atom stereocenters. The van der Waals surface area contributed by atoms with Gasteiger partial charge in [0.2, 0.25) is 11.8 Å². The van der Waals surface area contributed by atoms with Crippen molar-refractivity contribution >= 4 is 34.3 Å². The molecular weight excluding hydrogens is 288 g/mol. The van der Waals surface area contributed by atoms with Gasteiger partial charge in [0.1, 0.15) is 11.4 Å². The summed E-state index contributed by atoms with van der Waals surface area (Å²) in [6.07, 6.45) is 0. The molecule has 0 radical (unpaired) electrons. The van der Waals surface area contributed by atoms with Gasteiger partial charge in [-0.2, -0.15) is 0 Å². The number of rotatable bonds is 3. The molecule has 0 aliphatic heterocycles. The number of alkyl halides is 1. The SMILES string of the molecule is Cc1cc(-c2nc3ccccc3o2)ccc1NC(=O)CCl. The van der Waals surface area contributed by atoms with Crippen molar-refractivity contribution in [3.05, 3.63) is 48.0 Å². The van der Waals surface area contributed by atoms with Crippen LogP contribution in [0, 0.1) is 6.92 Å². The number of amides is 1. The lowest BCUT2D eigenvalue weighted by Crippen LogP contribution is -2.13. The van der Waals surface area contributed by atoms with Crippen LogP contribution < -0.4 is 5.32 Å². The molecule has 3 aromatic rings. The molecule has 0 bridgehead atoms. The van der Waals surface area contributed by atoms with Gasteiger partial charge in [0, 0.05) is 11.3 Å². The van der Waals surface area contributed by atoms with E-state index in [4.69, 9.17) is 16.0 Å². The summed E-state index contributed by atoms with van der Waals surface area (Å²) in [4.78, 5) is 15.8. The predicted molar refractivity (Wildman–Crippen MR) is 83.5 cm³/mol. The Kier molecular flexibility index (Phi) is 3.62. The number of anilines is 1. The molecule has 0 saturated heterocycles. The molecule has 4 nitrogen and oxygen atoms in total. The molecule has 0 aliphatic rings. The number of hydrogen-bond acceptors (Lipinski definition) is 3. The second-order valence-electron chi connectivity index (χ2n) is 4.70. The van der Waals surface area contributed by atoms with E-state index >= 15 is 0 Å². The lowest BCUT2D eigenvalue weighted by Gasteiger charge is -2.07. The number of halogens is 1. The van der Waals surface area contributed by atoms with Crippen LogP contribution in [-0.4, -0.2) is 16.8 Å². The predicted octanol–water partition coefficient (Wildman–Crippen LogP) is 3.98. The highest BCUT2D eigenvalue weighted by molar-refractivity contribution is 6.29. The molecule has 106 valence electrons. The fourth-order valence-corrected chi connectivity index (χ4v) is 2.18. The molecule has 1 heterocycles. The molecule has 3 rings (SSSR count). The van der Waals surface area contributed by atoms with Crippen molar-refractivity contribution in [2.24, 2.45) is 0 Å². The Labute approximate surface area is 126 Å². The van der Waals surface area contributed by atoms with Crippen LogP contribution in [0.1, 0.15) is 5.56 Å². The summed E-state index contributed by atoms with van der Waals surface area (Å²) < 4.78 is 5.73. The lowest BCUT2D eigenvalue weighted by molar-refractivity contribution is -0.113. The number of hydrogen-bond donors (Lipinski definition) is 1. The first kappa shape index (κ1) is 13.6. The highest BCUT2D eigenvalue weighted by atomic mass is 35.5. The van der Waals surface area contributed by atoms with E-state index < -0.39 is 0 Å². The number of aryl methyl sites for hydroxylation is 1. The number of aromatic nitrogens is 1. The van der Waals surface area contributed by atoms with E-state index in [1.807, 2.05) is 49.4 Å². The number of carbonyl (C=O) groups is 1. The number of nitrogens with zero attached hydrogens (tertiary/aromatic N) is 1. The fourth-order valence-electron chi connectivity index (χ4n) is 2.12. The van der Waals surface area contributed by atoms with E-state index in [2.05, 4.69) is 10.3 Å². The average Bonchev–Trinajstić information content (AvgIpc) is 2.93. The van der Waals surface area contributed by atoms with E-state index in [0.29, 0.717) is 5.89 Å². The van der Waals surface area contributed by atoms with Crippen molar-refractivity contribution in [2.45, 2.75) is 6.92 Å². The highest BCUT2D eigenvalue weighted by Gasteiger charge is 2.10. The maximum Gasteiger partial charge on any atom is 0.239 e. The minimum Gasteiger partial charge on any atom is -0.436 e. The van der Waals surface area contributed by atoms with E-state index in [0.717, 1.165) is 27.9 Å². The minimum atomic E-state index is -0.227.